The first-order valence-electron chi connectivity index (χ1n) is 7.47. The lowest BCUT2D eigenvalue weighted by Gasteiger charge is -2.22. The molecule has 2 fully saturated rings. The Morgan fingerprint density at radius 3 is 2.61 bits per heavy atom. The number of carbonyl (C=O) groups is 1. The van der Waals surface area contributed by atoms with Crippen molar-refractivity contribution in [1.82, 2.24) is 0 Å². The highest BCUT2D eigenvalue weighted by Gasteiger charge is 2.52. The Balaban J connectivity index is 0.000000595. The van der Waals surface area contributed by atoms with Gasteiger partial charge in [-0.25, -0.2) is 0 Å². The molecule has 23 heavy (non-hydrogen) atoms. The number of hydrogen-bond donors (Lipinski definition) is 2. The van der Waals surface area contributed by atoms with Crippen LogP contribution in [0.2, 0.25) is 5.02 Å². The highest BCUT2D eigenvalue weighted by atomic mass is 79.9. The third-order valence-corrected chi connectivity index (χ3v) is 5.73. The maximum Gasteiger partial charge on any atom is 0.204 e. The number of nitrogens with one attached hydrogen (secondary N) is 1. The van der Waals surface area contributed by atoms with Crippen molar-refractivity contribution in [2.75, 3.05) is 13.2 Å². The van der Waals surface area contributed by atoms with Gasteiger partial charge in [0.1, 0.15) is 0 Å². The Hall–Kier alpha value is -1.17. The van der Waals surface area contributed by atoms with Crippen LogP contribution < -0.4 is 5.73 Å². The molecule has 1 spiro atoms. The van der Waals surface area contributed by atoms with Crippen LogP contribution in [0.4, 0.5) is 0 Å². The van der Waals surface area contributed by atoms with Gasteiger partial charge >= 0.3 is 0 Å². The van der Waals surface area contributed by atoms with E-state index in [1.54, 1.807) is 0 Å². The second-order valence-corrected chi connectivity index (χ2v) is 7.08. The molecule has 3 rings (SSSR count). The van der Waals surface area contributed by atoms with E-state index in [0.29, 0.717) is 16.4 Å². The van der Waals surface area contributed by atoms with Crippen molar-refractivity contribution >= 4 is 46.2 Å². The molecule has 0 bridgehead atoms. The van der Waals surface area contributed by atoms with Gasteiger partial charge in [-0.2, -0.15) is 0 Å². The number of ether oxygens (including phenoxy) is 1. The number of allylic oxidation sites excluding steroid dienone is 1. The van der Waals surface area contributed by atoms with Crippen molar-refractivity contribution < 1.29 is 9.53 Å². The van der Waals surface area contributed by atoms with Crippen molar-refractivity contribution in [1.29, 1.82) is 5.41 Å². The SMILES string of the molecule is N=Cc1cc(Cl)c(Br)cc1/C=C/C1CC12CCOCC2.NC=O. The Morgan fingerprint density at radius 2 is 2.00 bits per heavy atom. The highest BCUT2D eigenvalue weighted by molar-refractivity contribution is 9.10. The zero-order valence-electron chi connectivity index (χ0n) is 12.7. The number of benzene rings is 1. The molecular weight excluding hydrogens is 380 g/mol. The van der Waals surface area contributed by atoms with E-state index in [1.165, 1.54) is 25.5 Å². The zero-order chi connectivity index (χ0) is 16.9. The topological polar surface area (TPSA) is 76.2 Å². The van der Waals surface area contributed by atoms with Gasteiger partial charge in [-0.3, -0.25) is 4.79 Å². The van der Waals surface area contributed by atoms with Gasteiger partial charge in [0.25, 0.3) is 0 Å². The molecule has 3 N–H and O–H groups in total. The molecule has 1 unspecified atom stereocenters. The van der Waals surface area contributed by atoms with E-state index in [0.717, 1.165) is 28.8 Å². The van der Waals surface area contributed by atoms with Gasteiger partial charge in [0.2, 0.25) is 6.41 Å². The Bertz CT molecular complexity index is 613. The minimum absolute atomic E-state index is 0.250. The number of halogens is 2. The molecule has 1 aromatic carbocycles. The van der Waals surface area contributed by atoms with Crippen LogP contribution in [0.1, 0.15) is 30.4 Å². The molecule has 124 valence electrons. The fourth-order valence-corrected chi connectivity index (χ4v) is 3.60. The van der Waals surface area contributed by atoms with Crippen molar-refractivity contribution in [3.63, 3.8) is 0 Å². The van der Waals surface area contributed by atoms with Gasteiger partial charge in [0.05, 0.1) is 5.02 Å². The Labute approximate surface area is 149 Å². The molecule has 1 heterocycles. The maximum atomic E-state index is 8.58. The number of nitrogens with two attached hydrogens (primary N) is 1. The van der Waals surface area contributed by atoms with E-state index in [-0.39, 0.29) is 6.41 Å². The summed E-state index contributed by atoms with van der Waals surface area (Å²) in [6.07, 6.45) is 9.69. The minimum Gasteiger partial charge on any atom is -0.381 e. The van der Waals surface area contributed by atoms with Crippen LogP contribution in [0.3, 0.4) is 0 Å². The molecule has 1 atom stereocenters. The summed E-state index contributed by atoms with van der Waals surface area (Å²) >= 11 is 9.51. The standard InChI is InChI=1S/C16H17BrClNO.CH3NO/c17-14-7-11(12(10-19)8-15(14)18)1-2-13-9-16(13)3-5-20-6-4-16;2-1-3/h1-2,7-8,10,13,19H,3-6,9H2;1H,(H2,2,3)/b2-1+,19-10?;. The number of primary amides is 1. The van der Waals surface area contributed by atoms with Crippen molar-refractivity contribution in [3.8, 4) is 0 Å². The Kier molecular flexibility index (Phi) is 6.39. The molecule has 1 saturated carbocycles. The predicted octanol–water partition coefficient (Wildman–Crippen LogP) is 4.03. The molecule has 2 aliphatic rings. The summed E-state index contributed by atoms with van der Waals surface area (Å²) in [5.41, 5.74) is 6.57. The Morgan fingerprint density at radius 1 is 1.35 bits per heavy atom. The van der Waals surface area contributed by atoms with Crippen LogP contribution in [0, 0.1) is 16.7 Å². The molecule has 6 heteroatoms. The van der Waals surface area contributed by atoms with E-state index in [4.69, 9.17) is 26.5 Å². The predicted molar refractivity (Wildman–Crippen MR) is 96.9 cm³/mol. The van der Waals surface area contributed by atoms with Gasteiger partial charge in [0.15, 0.2) is 0 Å². The first-order valence-corrected chi connectivity index (χ1v) is 8.64. The quantitative estimate of drug-likeness (QED) is 0.594. The van der Waals surface area contributed by atoms with Gasteiger partial charge in [0, 0.05) is 29.5 Å². The van der Waals surface area contributed by atoms with Gasteiger partial charge in [-0.05, 0) is 64.2 Å². The third-order valence-electron chi connectivity index (χ3n) is 4.53. The second-order valence-electron chi connectivity index (χ2n) is 5.82. The van der Waals surface area contributed by atoms with E-state index in [9.17, 15) is 0 Å². The molecule has 1 saturated heterocycles. The van der Waals surface area contributed by atoms with Crippen molar-refractivity contribution in [2.45, 2.75) is 19.3 Å². The van der Waals surface area contributed by atoms with Crippen molar-refractivity contribution in [2.24, 2.45) is 17.1 Å². The summed E-state index contributed by atoms with van der Waals surface area (Å²) in [6.45, 7) is 1.81. The van der Waals surface area contributed by atoms with Crippen molar-refractivity contribution in [3.05, 3.63) is 38.8 Å². The van der Waals surface area contributed by atoms with Gasteiger partial charge in [-0.15, -0.1) is 0 Å². The zero-order valence-corrected chi connectivity index (χ0v) is 15.1. The molecular formula is C17H20BrClN2O2. The highest BCUT2D eigenvalue weighted by Crippen LogP contribution is 2.59. The lowest BCUT2D eigenvalue weighted by atomic mass is 9.93. The summed E-state index contributed by atoms with van der Waals surface area (Å²) in [7, 11) is 0. The number of rotatable bonds is 3. The second kappa shape index (κ2) is 8.08. The molecule has 0 radical (unpaired) electrons. The lowest BCUT2D eigenvalue weighted by molar-refractivity contribution is -0.106. The summed E-state index contributed by atoms with van der Waals surface area (Å²) in [5, 5.41) is 8.14. The molecule has 1 aliphatic heterocycles. The van der Waals surface area contributed by atoms with E-state index >= 15 is 0 Å². The number of carbonyl (C=O) groups excluding carboxylic acids is 1. The first-order chi connectivity index (χ1) is 11.1. The summed E-state index contributed by atoms with van der Waals surface area (Å²) in [6, 6.07) is 3.81. The lowest BCUT2D eigenvalue weighted by Crippen LogP contribution is -2.18. The van der Waals surface area contributed by atoms with Crippen LogP contribution in [0.5, 0.6) is 0 Å². The van der Waals surface area contributed by atoms with Crippen LogP contribution >= 0.6 is 27.5 Å². The molecule has 1 aliphatic carbocycles. The van der Waals surface area contributed by atoms with E-state index in [1.807, 2.05) is 12.1 Å². The normalized spacial score (nSPS) is 21.6. The average Bonchev–Trinajstić information content (AvgIpc) is 3.21. The van der Waals surface area contributed by atoms with Gasteiger partial charge in [-0.1, -0.05) is 23.8 Å². The fourth-order valence-electron chi connectivity index (χ4n) is 3.07. The number of amides is 1. The largest absolute Gasteiger partial charge is 0.381 e. The third kappa shape index (κ3) is 4.43. The van der Waals surface area contributed by atoms with Crippen LogP contribution in [0.25, 0.3) is 6.08 Å². The smallest absolute Gasteiger partial charge is 0.204 e. The van der Waals surface area contributed by atoms with Crippen LogP contribution in [-0.2, 0) is 9.53 Å². The minimum atomic E-state index is 0.250. The molecule has 1 amide bonds. The van der Waals surface area contributed by atoms with Crippen LogP contribution in [0.15, 0.2) is 22.7 Å². The first kappa shape index (κ1) is 18.2. The monoisotopic (exact) mass is 398 g/mol. The summed E-state index contributed by atoms with van der Waals surface area (Å²) in [5.74, 6) is 0.666. The van der Waals surface area contributed by atoms with E-state index < -0.39 is 0 Å². The molecule has 1 aromatic rings. The molecule has 4 nitrogen and oxygen atoms in total. The number of hydrogen-bond acceptors (Lipinski definition) is 3. The van der Waals surface area contributed by atoms with Gasteiger partial charge < -0.3 is 15.9 Å². The summed E-state index contributed by atoms with van der Waals surface area (Å²) in [4.78, 5) is 8.58. The summed E-state index contributed by atoms with van der Waals surface area (Å²) < 4.78 is 6.32. The maximum absolute atomic E-state index is 8.58. The average molecular weight is 400 g/mol. The fraction of sp³-hybridized carbons (Fsp3) is 0.412. The van der Waals surface area contributed by atoms with E-state index in [2.05, 4.69) is 33.8 Å². The molecule has 0 aromatic heterocycles. The van der Waals surface area contributed by atoms with Crippen LogP contribution in [-0.4, -0.2) is 25.8 Å².